The summed E-state index contributed by atoms with van der Waals surface area (Å²) in [5.74, 6) is 1.42. The van der Waals surface area contributed by atoms with Crippen LogP contribution in [0.2, 0.25) is 0 Å². The first-order valence-corrected chi connectivity index (χ1v) is 7.69. The summed E-state index contributed by atoms with van der Waals surface area (Å²) < 4.78 is 14.0. The van der Waals surface area contributed by atoms with Gasteiger partial charge in [0.2, 0.25) is 0 Å². The third-order valence-electron chi connectivity index (χ3n) is 2.88. The fourth-order valence-electron chi connectivity index (χ4n) is 1.84. The van der Waals surface area contributed by atoms with Crippen LogP contribution in [-0.4, -0.2) is 16.5 Å². The molecule has 0 bridgehead atoms. The predicted molar refractivity (Wildman–Crippen MR) is 87.5 cm³/mol. The molecule has 2 rings (SSSR count). The van der Waals surface area contributed by atoms with E-state index in [-0.39, 0.29) is 5.82 Å². The van der Waals surface area contributed by atoms with Gasteiger partial charge >= 0.3 is 0 Å². The monoisotopic (exact) mass is 385 g/mol. The van der Waals surface area contributed by atoms with Gasteiger partial charge in [-0.2, -0.15) is 0 Å². The van der Waals surface area contributed by atoms with Crippen LogP contribution >= 0.6 is 22.6 Å². The Balaban J connectivity index is 2.23. The number of nitrogens with zero attached hydrogens (tertiary/aromatic N) is 2. The molecular formula is C15H17FIN3. The Kier molecular flexibility index (Phi) is 5.28. The highest BCUT2D eigenvalue weighted by Gasteiger charge is 2.09. The van der Waals surface area contributed by atoms with Crippen LogP contribution in [0.4, 0.5) is 10.2 Å². The first-order chi connectivity index (χ1) is 9.60. The van der Waals surface area contributed by atoms with Crippen molar-refractivity contribution in [1.29, 1.82) is 0 Å². The van der Waals surface area contributed by atoms with E-state index in [1.807, 2.05) is 6.92 Å². The van der Waals surface area contributed by atoms with Gasteiger partial charge < -0.3 is 5.32 Å². The minimum Gasteiger partial charge on any atom is -0.369 e. The highest BCUT2D eigenvalue weighted by atomic mass is 127. The Bertz CT molecular complexity index is 584. The molecule has 0 unspecified atom stereocenters. The molecule has 1 aromatic carbocycles. The molecule has 0 saturated heterocycles. The maximum absolute atomic E-state index is 12.9. The Labute approximate surface area is 132 Å². The fourth-order valence-corrected chi connectivity index (χ4v) is 2.27. The average Bonchev–Trinajstić information content (AvgIpc) is 2.43. The summed E-state index contributed by atoms with van der Waals surface area (Å²) in [5, 5.41) is 3.32. The molecular weight excluding hydrogens is 368 g/mol. The molecule has 0 aliphatic carbocycles. The van der Waals surface area contributed by atoms with Gasteiger partial charge in [-0.1, -0.05) is 19.1 Å². The van der Waals surface area contributed by atoms with E-state index >= 15 is 0 Å². The number of nitrogens with one attached hydrogen (secondary N) is 1. The van der Waals surface area contributed by atoms with Crippen molar-refractivity contribution in [1.82, 2.24) is 9.97 Å². The molecule has 0 aliphatic heterocycles. The molecule has 0 fully saturated rings. The standard InChI is InChI=1S/C15H17FIN3/c1-3-8-18-15-14(17)10(2)19-13(20-15)9-11-4-6-12(16)7-5-11/h4-7H,3,8-9H2,1-2H3,(H,18,19,20). The van der Waals surface area contributed by atoms with Crippen LogP contribution in [0.15, 0.2) is 24.3 Å². The number of hydrogen-bond donors (Lipinski definition) is 1. The number of anilines is 1. The van der Waals surface area contributed by atoms with Crippen LogP contribution in [0.1, 0.15) is 30.4 Å². The van der Waals surface area contributed by atoms with Crippen molar-refractivity contribution in [2.24, 2.45) is 0 Å². The number of halogens is 2. The van der Waals surface area contributed by atoms with Crippen molar-refractivity contribution in [3.8, 4) is 0 Å². The summed E-state index contributed by atoms with van der Waals surface area (Å²) in [6.45, 7) is 4.99. The van der Waals surface area contributed by atoms with Crippen LogP contribution in [0.3, 0.4) is 0 Å². The molecule has 106 valence electrons. The van der Waals surface area contributed by atoms with E-state index in [0.29, 0.717) is 6.42 Å². The van der Waals surface area contributed by atoms with E-state index in [0.717, 1.165) is 39.4 Å². The molecule has 0 radical (unpaired) electrons. The number of benzene rings is 1. The molecule has 2 aromatic rings. The summed E-state index contributed by atoms with van der Waals surface area (Å²) >= 11 is 2.26. The van der Waals surface area contributed by atoms with Crippen LogP contribution < -0.4 is 5.32 Å². The Hall–Kier alpha value is -1.24. The minimum atomic E-state index is -0.223. The lowest BCUT2D eigenvalue weighted by Crippen LogP contribution is -2.09. The summed E-state index contributed by atoms with van der Waals surface area (Å²) in [7, 11) is 0. The summed E-state index contributed by atoms with van der Waals surface area (Å²) in [5.41, 5.74) is 1.98. The molecule has 1 heterocycles. The molecule has 0 aliphatic rings. The molecule has 0 saturated carbocycles. The SMILES string of the molecule is CCCNc1nc(Cc2ccc(F)cc2)nc(C)c1I. The van der Waals surface area contributed by atoms with Gasteiger partial charge in [0, 0.05) is 13.0 Å². The summed E-state index contributed by atoms with van der Waals surface area (Å²) in [4.78, 5) is 9.07. The first kappa shape index (κ1) is 15.2. The van der Waals surface area contributed by atoms with E-state index in [4.69, 9.17) is 0 Å². The highest BCUT2D eigenvalue weighted by Crippen LogP contribution is 2.19. The molecule has 1 aromatic heterocycles. The van der Waals surface area contributed by atoms with Crippen molar-refractivity contribution in [3.05, 3.63) is 50.7 Å². The predicted octanol–water partition coefficient (Wildman–Crippen LogP) is 3.94. The maximum Gasteiger partial charge on any atom is 0.143 e. The van der Waals surface area contributed by atoms with E-state index < -0.39 is 0 Å². The lowest BCUT2D eigenvalue weighted by Gasteiger charge is -2.10. The van der Waals surface area contributed by atoms with Crippen molar-refractivity contribution < 1.29 is 4.39 Å². The zero-order chi connectivity index (χ0) is 14.5. The first-order valence-electron chi connectivity index (χ1n) is 6.61. The zero-order valence-corrected chi connectivity index (χ0v) is 13.7. The smallest absolute Gasteiger partial charge is 0.143 e. The summed E-state index contributed by atoms with van der Waals surface area (Å²) in [6.07, 6.45) is 1.66. The van der Waals surface area contributed by atoms with Gasteiger partial charge in [-0.15, -0.1) is 0 Å². The highest BCUT2D eigenvalue weighted by molar-refractivity contribution is 14.1. The van der Waals surface area contributed by atoms with Gasteiger partial charge in [0.1, 0.15) is 17.5 Å². The minimum absolute atomic E-state index is 0.223. The van der Waals surface area contributed by atoms with Gasteiger partial charge in [-0.05, 0) is 53.6 Å². The normalized spacial score (nSPS) is 10.6. The van der Waals surface area contributed by atoms with E-state index in [2.05, 4.69) is 44.8 Å². The Morgan fingerprint density at radius 3 is 2.55 bits per heavy atom. The van der Waals surface area contributed by atoms with Gasteiger partial charge in [-0.25, -0.2) is 14.4 Å². The molecule has 1 N–H and O–H groups in total. The largest absolute Gasteiger partial charge is 0.369 e. The molecule has 0 amide bonds. The van der Waals surface area contributed by atoms with Crippen LogP contribution in [0.25, 0.3) is 0 Å². The van der Waals surface area contributed by atoms with Crippen LogP contribution in [0, 0.1) is 16.3 Å². The van der Waals surface area contributed by atoms with Crippen LogP contribution in [-0.2, 0) is 6.42 Å². The van der Waals surface area contributed by atoms with Gasteiger partial charge in [0.05, 0.1) is 9.26 Å². The Morgan fingerprint density at radius 1 is 1.20 bits per heavy atom. The van der Waals surface area contributed by atoms with Gasteiger partial charge in [0.25, 0.3) is 0 Å². The van der Waals surface area contributed by atoms with Crippen molar-refractivity contribution >= 4 is 28.4 Å². The second-order valence-corrected chi connectivity index (χ2v) is 5.70. The number of aryl methyl sites for hydroxylation is 1. The lowest BCUT2D eigenvalue weighted by atomic mass is 10.1. The maximum atomic E-state index is 12.9. The molecule has 0 atom stereocenters. The van der Waals surface area contributed by atoms with Crippen molar-refractivity contribution in [2.75, 3.05) is 11.9 Å². The number of aromatic nitrogens is 2. The molecule has 5 heteroatoms. The fraction of sp³-hybridized carbons (Fsp3) is 0.333. The van der Waals surface area contributed by atoms with Gasteiger partial charge in [0.15, 0.2) is 0 Å². The summed E-state index contributed by atoms with van der Waals surface area (Å²) in [6, 6.07) is 6.46. The topological polar surface area (TPSA) is 37.8 Å². The van der Waals surface area contributed by atoms with E-state index in [1.165, 1.54) is 12.1 Å². The Morgan fingerprint density at radius 2 is 1.90 bits per heavy atom. The molecule has 0 spiro atoms. The second kappa shape index (κ2) is 6.97. The van der Waals surface area contributed by atoms with E-state index in [9.17, 15) is 4.39 Å². The third-order valence-corrected chi connectivity index (χ3v) is 4.17. The van der Waals surface area contributed by atoms with Crippen LogP contribution in [0.5, 0.6) is 0 Å². The number of rotatable bonds is 5. The zero-order valence-electron chi connectivity index (χ0n) is 11.6. The second-order valence-electron chi connectivity index (χ2n) is 4.62. The number of hydrogen-bond acceptors (Lipinski definition) is 3. The van der Waals surface area contributed by atoms with Crippen molar-refractivity contribution in [2.45, 2.75) is 26.7 Å². The third kappa shape index (κ3) is 3.88. The van der Waals surface area contributed by atoms with Crippen molar-refractivity contribution in [3.63, 3.8) is 0 Å². The molecule has 3 nitrogen and oxygen atoms in total. The van der Waals surface area contributed by atoms with Gasteiger partial charge in [-0.3, -0.25) is 0 Å². The average molecular weight is 385 g/mol. The quantitative estimate of drug-likeness (QED) is 0.793. The lowest BCUT2D eigenvalue weighted by molar-refractivity contribution is 0.627. The van der Waals surface area contributed by atoms with E-state index in [1.54, 1.807) is 12.1 Å². The molecule has 20 heavy (non-hydrogen) atoms.